The van der Waals surface area contributed by atoms with E-state index in [9.17, 15) is 4.11 Å². The summed E-state index contributed by atoms with van der Waals surface area (Å²) >= 11 is 0. The molecule has 9 aromatic rings. The molecule has 0 amide bonds. The van der Waals surface area contributed by atoms with Crippen LogP contribution in [0.2, 0.25) is 0 Å². The third kappa shape index (κ3) is 4.17. The molecule has 0 radical (unpaired) electrons. The van der Waals surface area contributed by atoms with Crippen LogP contribution in [0, 0.1) is 0 Å². The minimum Gasteiger partial charge on any atom is -0.456 e. The fraction of sp³-hybridized carbons (Fsp3) is 0. The van der Waals surface area contributed by atoms with Gasteiger partial charge in [0.05, 0.1) is 5.48 Å². The molecule has 8 aromatic carbocycles. The minimum absolute atomic E-state index is 0.0508. The van der Waals surface area contributed by atoms with E-state index >= 15 is 0 Å². The molecule has 210 valence electrons. The topological polar surface area (TPSA) is 13.1 Å². The molecule has 0 bridgehead atoms. The van der Waals surface area contributed by atoms with E-state index in [1.165, 1.54) is 0 Å². The molecule has 0 aliphatic rings. The molecule has 0 saturated carbocycles. The van der Waals surface area contributed by atoms with Crippen LogP contribution >= 0.6 is 0 Å². The van der Waals surface area contributed by atoms with Crippen molar-refractivity contribution in [2.45, 2.75) is 0 Å². The number of hydrogen-bond acceptors (Lipinski definition) is 1. The van der Waals surface area contributed by atoms with E-state index in [0.717, 1.165) is 60.1 Å². The molecular weight excluding hydrogens is 544 g/mol. The number of benzene rings is 8. The van der Waals surface area contributed by atoms with Gasteiger partial charge in [-0.3, -0.25) is 0 Å². The first-order chi connectivity index (χ1) is 24.0. The second-order valence-corrected chi connectivity index (χ2v) is 11.3. The fourth-order valence-corrected chi connectivity index (χ4v) is 6.76. The van der Waals surface area contributed by atoms with Crippen LogP contribution in [0.4, 0.5) is 0 Å². The highest BCUT2D eigenvalue weighted by molar-refractivity contribution is 6.21. The van der Waals surface area contributed by atoms with Gasteiger partial charge >= 0.3 is 0 Å². The average molecular weight is 577 g/mol. The van der Waals surface area contributed by atoms with Gasteiger partial charge in [-0.05, 0) is 90.3 Å². The Balaban J connectivity index is 1.38. The van der Waals surface area contributed by atoms with Crippen molar-refractivity contribution >= 4 is 43.5 Å². The number of hydrogen-bond donors (Lipinski definition) is 0. The lowest BCUT2D eigenvalue weighted by Crippen LogP contribution is -1.91. The van der Waals surface area contributed by atoms with E-state index in [-0.39, 0.29) is 24.2 Å². The van der Waals surface area contributed by atoms with Crippen molar-refractivity contribution in [2.24, 2.45) is 0 Å². The maximum Gasteiger partial charge on any atom is 0.136 e. The molecule has 0 N–H and O–H groups in total. The molecule has 1 heteroatoms. The van der Waals surface area contributed by atoms with Gasteiger partial charge in [0.15, 0.2) is 0 Å². The molecule has 1 aromatic heterocycles. The molecule has 0 aliphatic carbocycles. The van der Waals surface area contributed by atoms with E-state index in [0.29, 0.717) is 27.9 Å². The van der Waals surface area contributed by atoms with Crippen LogP contribution in [-0.2, 0) is 0 Å². The predicted octanol–water partition coefficient (Wildman–Crippen LogP) is 12.6. The van der Waals surface area contributed by atoms with E-state index in [1.54, 1.807) is 0 Å². The van der Waals surface area contributed by atoms with E-state index in [1.807, 2.05) is 103 Å². The Morgan fingerprint density at radius 3 is 1.64 bits per heavy atom. The highest BCUT2D eigenvalue weighted by Gasteiger charge is 2.18. The van der Waals surface area contributed by atoms with Crippen LogP contribution in [0.3, 0.4) is 0 Å². The summed E-state index contributed by atoms with van der Waals surface area (Å²) in [5.74, 6) is 0. The van der Waals surface area contributed by atoms with Gasteiger partial charge in [0.2, 0.25) is 0 Å². The summed E-state index contributed by atoms with van der Waals surface area (Å²) < 4.78 is 43.7. The van der Waals surface area contributed by atoms with Gasteiger partial charge in [-0.2, -0.15) is 0 Å². The van der Waals surface area contributed by atoms with Crippen LogP contribution < -0.4 is 0 Å². The maximum absolute atomic E-state index is 9.83. The van der Waals surface area contributed by atoms with E-state index in [2.05, 4.69) is 42.5 Å². The van der Waals surface area contributed by atoms with Crippen molar-refractivity contribution in [3.63, 3.8) is 0 Å². The quantitative estimate of drug-likeness (QED) is 0.190. The van der Waals surface area contributed by atoms with Crippen LogP contribution in [-0.4, -0.2) is 0 Å². The Morgan fingerprint density at radius 1 is 0.400 bits per heavy atom. The molecule has 1 heterocycles. The summed E-state index contributed by atoms with van der Waals surface area (Å²) in [4.78, 5) is 0. The van der Waals surface area contributed by atoms with Gasteiger partial charge in [-0.25, -0.2) is 0 Å². The largest absolute Gasteiger partial charge is 0.456 e. The predicted molar refractivity (Wildman–Crippen MR) is 190 cm³/mol. The summed E-state index contributed by atoms with van der Waals surface area (Å²) in [5, 5.41) is 5.45. The number of rotatable bonds is 4. The zero-order chi connectivity index (χ0) is 33.2. The molecule has 0 saturated heterocycles. The van der Waals surface area contributed by atoms with Crippen molar-refractivity contribution in [1.29, 1.82) is 0 Å². The molecule has 0 atom stereocenters. The van der Waals surface area contributed by atoms with Crippen molar-refractivity contribution in [2.75, 3.05) is 0 Å². The van der Waals surface area contributed by atoms with Crippen molar-refractivity contribution < 1.29 is 9.90 Å². The van der Waals surface area contributed by atoms with Crippen molar-refractivity contribution in [3.8, 4) is 44.5 Å². The van der Waals surface area contributed by atoms with Crippen molar-refractivity contribution in [1.82, 2.24) is 0 Å². The summed E-state index contributed by atoms with van der Waals surface area (Å²) in [7, 11) is 0. The summed E-state index contributed by atoms with van der Waals surface area (Å²) in [6, 6.07) is 48.0. The molecule has 0 aliphatic heterocycles. The smallest absolute Gasteiger partial charge is 0.136 e. The molecule has 45 heavy (non-hydrogen) atoms. The second-order valence-electron chi connectivity index (χ2n) is 11.3. The molecule has 1 nitrogen and oxygen atoms in total. The number of fused-ring (bicyclic) bond motifs is 5. The highest BCUT2D eigenvalue weighted by atomic mass is 16.3. The van der Waals surface area contributed by atoms with Crippen LogP contribution in [0.25, 0.3) is 88.0 Å². The van der Waals surface area contributed by atoms with Gasteiger partial charge in [-0.1, -0.05) is 146 Å². The summed E-state index contributed by atoms with van der Waals surface area (Å²) in [6.07, 6.45) is 0. The lowest BCUT2D eigenvalue weighted by Gasteiger charge is -2.18. The molecular formula is C44H28O. The van der Waals surface area contributed by atoms with Crippen molar-refractivity contribution in [3.05, 3.63) is 170 Å². The van der Waals surface area contributed by atoms with Gasteiger partial charge in [0.25, 0.3) is 0 Å². The third-order valence-electron chi connectivity index (χ3n) is 8.74. The van der Waals surface area contributed by atoms with Gasteiger partial charge in [0.1, 0.15) is 11.2 Å². The monoisotopic (exact) mass is 576 g/mol. The molecule has 0 unspecified atom stereocenters. The Hall–Kier alpha value is -5.92. The summed E-state index contributed by atoms with van der Waals surface area (Å²) in [5.41, 5.74) is 7.64. The maximum atomic E-state index is 9.83. The zero-order valence-electron chi connectivity index (χ0n) is 28.3. The van der Waals surface area contributed by atoms with Crippen LogP contribution in [0.15, 0.2) is 174 Å². The lowest BCUT2D eigenvalue weighted by molar-refractivity contribution is 0.669. The molecule has 0 spiro atoms. The standard InChI is InChI=1S/C44H28O/c1-3-13-29(14-4-1)31-25-26-40-39(28-31)44-34(23-12-24-41(44)45-40)32-17-11-18-33(27-32)43-37-21-9-7-19-35(37)42(30-15-5-2-6-16-30)36-20-8-10-22-38(36)43/h1-28H/i11D,17D,18D,27D. The first-order valence-corrected chi connectivity index (χ1v) is 15.1. The zero-order valence-corrected chi connectivity index (χ0v) is 24.3. The lowest BCUT2D eigenvalue weighted by atomic mass is 9.85. The average Bonchev–Trinajstić information content (AvgIpc) is 3.53. The highest BCUT2D eigenvalue weighted by Crippen LogP contribution is 2.45. The molecule has 0 fully saturated rings. The van der Waals surface area contributed by atoms with Gasteiger partial charge < -0.3 is 4.42 Å². The Labute approximate surface area is 267 Å². The Morgan fingerprint density at radius 2 is 0.978 bits per heavy atom. The first-order valence-electron chi connectivity index (χ1n) is 17.1. The van der Waals surface area contributed by atoms with Gasteiger partial charge in [0, 0.05) is 10.8 Å². The minimum atomic E-state index is -0.212. The van der Waals surface area contributed by atoms with Crippen LogP contribution in [0.5, 0.6) is 0 Å². The second kappa shape index (κ2) is 10.4. The SMILES string of the molecule is [2H]c1c([2H])c(-c2c3ccccc3c(-c3ccccc3)c3ccccc23)c([2H])c(-c2cccc3oc4ccc(-c5ccccc5)cc4c23)c1[2H]. The van der Waals surface area contributed by atoms with Crippen LogP contribution in [0.1, 0.15) is 5.48 Å². The molecule has 9 rings (SSSR count). The first kappa shape index (κ1) is 21.7. The van der Waals surface area contributed by atoms with E-state index < -0.39 is 0 Å². The summed E-state index contributed by atoms with van der Waals surface area (Å²) in [6.45, 7) is 0. The fourth-order valence-electron chi connectivity index (χ4n) is 6.76. The third-order valence-corrected chi connectivity index (χ3v) is 8.74. The normalized spacial score (nSPS) is 12.8. The van der Waals surface area contributed by atoms with E-state index in [4.69, 9.17) is 5.79 Å². The van der Waals surface area contributed by atoms with Gasteiger partial charge in [-0.15, -0.1) is 0 Å². The Kier molecular flexibility index (Phi) is 5.00. The Bertz CT molecular complexity index is 2690. The number of furan rings is 1.